The van der Waals surface area contributed by atoms with Crippen molar-refractivity contribution in [2.45, 2.75) is 33.2 Å². The Balaban J connectivity index is 2.00. The number of fused-ring (bicyclic) bond motifs is 1. The maximum Gasteiger partial charge on any atom is 0.267 e. The monoisotopic (exact) mass is 432 g/mol. The summed E-state index contributed by atoms with van der Waals surface area (Å²) in [6.45, 7) is 7.65. The molecule has 1 aliphatic heterocycles. The van der Waals surface area contributed by atoms with Gasteiger partial charge < -0.3 is 10.1 Å². The van der Waals surface area contributed by atoms with Gasteiger partial charge in [0.2, 0.25) is 0 Å². The van der Waals surface area contributed by atoms with Crippen LogP contribution in [0.3, 0.4) is 0 Å². The van der Waals surface area contributed by atoms with Gasteiger partial charge in [-0.3, -0.25) is 18.9 Å². The van der Waals surface area contributed by atoms with Gasteiger partial charge in [-0.1, -0.05) is 30.0 Å². The average molecular weight is 433 g/mol. The van der Waals surface area contributed by atoms with Gasteiger partial charge in [-0.25, -0.2) is 4.98 Å². The number of pyridine rings is 1. The number of nitrogens with zero attached hydrogens (tertiary/aromatic N) is 3. The molecule has 0 unspecified atom stereocenters. The van der Waals surface area contributed by atoms with Crippen molar-refractivity contribution < 1.29 is 9.53 Å². The fourth-order valence-corrected chi connectivity index (χ4v) is 4.45. The molecule has 0 aromatic carbocycles. The number of aromatic nitrogens is 2. The number of hydrogen-bond acceptors (Lipinski definition) is 7. The van der Waals surface area contributed by atoms with Crippen LogP contribution in [0.25, 0.3) is 11.7 Å². The van der Waals surface area contributed by atoms with E-state index in [1.807, 2.05) is 26.8 Å². The summed E-state index contributed by atoms with van der Waals surface area (Å²) < 4.78 is 7.33. The molecule has 3 rings (SSSR count). The lowest BCUT2D eigenvalue weighted by Crippen LogP contribution is -2.34. The highest BCUT2D eigenvalue weighted by Crippen LogP contribution is 2.34. The molecule has 0 radical (unpaired) electrons. The number of thioether (sulfide) groups is 1. The van der Waals surface area contributed by atoms with Gasteiger partial charge in [0.15, 0.2) is 0 Å². The predicted octanol–water partition coefficient (Wildman–Crippen LogP) is 3.14. The first-order valence-electron chi connectivity index (χ1n) is 9.54. The first-order valence-corrected chi connectivity index (χ1v) is 10.8. The highest BCUT2D eigenvalue weighted by atomic mass is 32.2. The van der Waals surface area contributed by atoms with E-state index >= 15 is 0 Å². The zero-order chi connectivity index (χ0) is 21.0. The number of carbonyl (C=O) groups is 1. The Kier molecular flexibility index (Phi) is 7.05. The molecule has 7 nitrogen and oxygen atoms in total. The maximum atomic E-state index is 13.1. The van der Waals surface area contributed by atoms with Crippen molar-refractivity contribution in [3.8, 4) is 0 Å². The summed E-state index contributed by atoms with van der Waals surface area (Å²) in [5, 5.41) is 3.22. The third-order valence-corrected chi connectivity index (χ3v) is 5.68. The van der Waals surface area contributed by atoms with E-state index in [0.717, 1.165) is 6.42 Å². The van der Waals surface area contributed by atoms with Crippen molar-refractivity contribution in [3.63, 3.8) is 0 Å². The third kappa shape index (κ3) is 4.68. The van der Waals surface area contributed by atoms with Gasteiger partial charge in [0.25, 0.3) is 11.5 Å². The van der Waals surface area contributed by atoms with Gasteiger partial charge in [0.05, 0.1) is 10.5 Å². The van der Waals surface area contributed by atoms with Gasteiger partial charge in [0, 0.05) is 32.0 Å². The molecule has 0 aliphatic carbocycles. The van der Waals surface area contributed by atoms with E-state index in [1.54, 1.807) is 29.3 Å². The topological polar surface area (TPSA) is 75.9 Å². The summed E-state index contributed by atoms with van der Waals surface area (Å²) >= 11 is 6.55. The van der Waals surface area contributed by atoms with Crippen LogP contribution in [-0.2, 0) is 9.53 Å². The van der Waals surface area contributed by atoms with Crippen LogP contribution < -0.4 is 10.9 Å². The molecule has 0 atom stereocenters. The van der Waals surface area contributed by atoms with Crippen molar-refractivity contribution in [1.29, 1.82) is 0 Å². The molecule has 154 valence electrons. The lowest BCUT2D eigenvalue weighted by Gasteiger charge is -2.18. The minimum atomic E-state index is -0.238. The Labute approximate surface area is 179 Å². The molecule has 3 heterocycles. The smallest absolute Gasteiger partial charge is 0.267 e. The van der Waals surface area contributed by atoms with E-state index in [1.165, 1.54) is 16.2 Å². The van der Waals surface area contributed by atoms with E-state index in [-0.39, 0.29) is 17.5 Å². The highest BCUT2D eigenvalue weighted by molar-refractivity contribution is 8.26. The Morgan fingerprint density at radius 2 is 2.14 bits per heavy atom. The third-order valence-electron chi connectivity index (χ3n) is 4.35. The average Bonchev–Trinajstić information content (AvgIpc) is 2.97. The first kappa shape index (κ1) is 21.5. The minimum Gasteiger partial charge on any atom is -0.382 e. The second-order valence-corrected chi connectivity index (χ2v) is 8.41. The molecule has 0 bridgehead atoms. The molecule has 1 fully saturated rings. The number of carbonyl (C=O) groups excluding carboxylic acids is 1. The van der Waals surface area contributed by atoms with Crippen LogP contribution in [-0.4, -0.2) is 50.3 Å². The summed E-state index contributed by atoms with van der Waals surface area (Å²) in [4.78, 5) is 32.5. The van der Waals surface area contributed by atoms with Crippen LogP contribution in [0.4, 0.5) is 5.82 Å². The molecule has 2 aromatic heterocycles. The van der Waals surface area contributed by atoms with Crippen molar-refractivity contribution >= 4 is 51.7 Å². The number of ether oxygens (including phenoxy) is 1. The first-order chi connectivity index (χ1) is 13.9. The van der Waals surface area contributed by atoms with Crippen molar-refractivity contribution in [2.24, 2.45) is 0 Å². The highest BCUT2D eigenvalue weighted by Gasteiger charge is 2.34. The molecule has 9 heteroatoms. The quantitative estimate of drug-likeness (QED) is 0.390. The summed E-state index contributed by atoms with van der Waals surface area (Å²) in [6, 6.07) is 5.33. The molecule has 1 N–H and O–H groups in total. The second kappa shape index (κ2) is 9.51. The van der Waals surface area contributed by atoms with Gasteiger partial charge in [0.1, 0.15) is 15.8 Å². The molecule has 1 aliphatic rings. The van der Waals surface area contributed by atoms with Crippen LogP contribution in [0.5, 0.6) is 0 Å². The largest absolute Gasteiger partial charge is 0.382 e. The molecule has 0 spiro atoms. The van der Waals surface area contributed by atoms with Crippen molar-refractivity contribution in [2.75, 3.05) is 25.1 Å². The molecule has 1 amide bonds. The number of thiocarbonyl (C=S) groups is 1. The lowest BCUT2D eigenvalue weighted by molar-refractivity contribution is -0.123. The van der Waals surface area contributed by atoms with E-state index in [0.29, 0.717) is 46.0 Å². The zero-order valence-corrected chi connectivity index (χ0v) is 18.3. The molecule has 1 saturated heterocycles. The second-order valence-electron chi connectivity index (χ2n) is 6.73. The maximum absolute atomic E-state index is 13.1. The van der Waals surface area contributed by atoms with Gasteiger partial charge >= 0.3 is 0 Å². The molecular formula is C20H24N4O3S2. The number of hydrogen-bond donors (Lipinski definition) is 1. The minimum absolute atomic E-state index is 0.0413. The van der Waals surface area contributed by atoms with Crippen LogP contribution >= 0.6 is 24.0 Å². The lowest BCUT2D eigenvalue weighted by atomic mass is 10.2. The summed E-state index contributed by atoms with van der Waals surface area (Å²) in [7, 11) is 0. The van der Waals surface area contributed by atoms with Crippen LogP contribution in [0.1, 0.15) is 32.8 Å². The SMILES string of the molecule is CCOCCCNc1nc2ccccn2c(=O)c1/C=C1/SC(=S)N(C(C)C)C1=O. The Bertz CT molecular complexity index is 1020. The molecule has 29 heavy (non-hydrogen) atoms. The number of anilines is 1. The zero-order valence-electron chi connectivity index (χ0n) is 16.7. The molecule has 2 aromatic rings. The number of amides is 1. The van der Waals surface area contributed by atoms with Crippen molar-refractivity contribution in [1.82, 2.24) is 14.3 Å². The standard InChI is InChI=1S/C20H24N4O3S2/c1-4-27-11-7-9-21-17-14(18(25)23-10-6-5-8-16(23)22-17)12-15-19(26)24(13(2)3)20(28)29-15/h5-6,8,10,12-13,21H,4,7,9,11H2,1-3H3/b15-12+. The van der Waals surface area contributed by atoms with E-state index < -0.39 is 0 Å². The van der Waals surface area contributed by atoms with Crippen LogP contribution in [0, 0.1) is 0 Å². The number of rotatable bonds is 8. The summed E-state index contributed by atoms with van der Waals surface area (Å²) in [6.07, 6.45) is 4.04. The normalized spacial score (nSPS) is 15.9. The van der Waals surface area contributed by atoms with Crippen LogP contribution in [0.2, 0.25) is 0 Å². The fourth-order valence-electron chi connectivity index (χ4n) is 2.95. The van der Waals surface area contributed by atoms with Crippen molar-refractivity contribution in [3.05, 3.63) is 45.2 Å². The van der Waals surface area contributed by atoms with Gasteiger partial charge in [-0.15, -0.1) is 0 Å². The number of nitrogens with one attached hydrogen (secondary N) is 1. The predicted molar refractivity (Wildman–Crippen MR) is 121 cm³/mol. The van der Waals surface area contributed by atoms with Crippen LogP contribution in [0.15, 0.2) is 34.1 Å². The fraction of sp³-hybridized carbons (Fsp3) is 0.400. The van der Waals surface area contributed by atoms with E-state index in [9.17, 15) is 9.59 Å². The molecule has 0 saturated carbocycles. The molecular weight excluding hydrogens is 408 g/mol. The summed E-state index contributed by atoms with van der Waals surface area (Å²) in [5.41, 5.74) is 0.642. The Hall–Kier alpha value is -2.23. The van der Waals surface area contributed by atoms with E-state index in [4.69, 9.17) is 17.0 Å². The Morgan fingerprint density at radius 3 is 2.83 bits per heavy atom. The van der Waals surface area contributed by atoms with E-state index in [2.05, 4.69) is 10.3 Å². The summed E-state index contributed by atoms with van der Waals surface area (Å²) in [5.74, 6) is 0.266. The van der Waals surface area contributed by atoms with Gasteiger partial charge in [-0.05, 0) is 45.4 Å². The Morgan fingerprint density at radius 1 is 1.34 bits per heavy atom. The van der Waals surface area contributed by atoms with Gasteiger partial charge in [-0.2, -0.15) is 0 Å².